The van der Waals surface area contributed by atoms with E-state index in [1.54, 1.807) is 19.2 Å². The molecule has 0 heterocycles. The Labute approximate surface area is 121 Å². The number of hydrogen-bond acceptors (Lipinski definition) is 4. The van der Waals surface area contributed by atoms with E-state index in [9.17, 15) is 8.42 Å². The zero-order valence-corrected chi connectivity index (χ0v) is 13.0. The summed E-state index contributed by atoms with van der Waals surface area (Å²) in [5.41, 5.74) is 7.26. The van der Waals surface area contributed by atoms with Crippen molar-refractivity contribution in [3.8, 4) is 0 Å². The molecule has 0 bridgehead atoms. The van der Waals surface area contributed by atoms with Crippen LogP contribution in [0.25, 0.3) is 0 Å². The second kappa shape index (κ2) is 8.24. The van der Waals surface area contributed by atoms with Crippen LogP contribution in [0.3, 0.4) is 0 Å². The molecule has 0 radical (unpaired) electrons. The summed E-state index contributed by atoms with van der Waals surface area (Å²) in [5.74, 6) is 0.121. The SMILES string of the molecule is CCCN(Cc1ccc(N)cc1)S(=O)(=O)CCCOC. The van der Waals surface area contributed by atoms with Crippen molar-refractivity contribution in [2.45, 2.75) is 26.3 Å². The van der Waals surface area contributed by atoms with Gasteiger partial charge in [-0.3, -0.25) is 0 Å². The Kier molecular flexibility index (Phi) is 6.98. The van der Waals surface area contributed by atoms with E-state index in [1.807, 2.05) is 19.1 Å². The third-order valence-electron chi connectivity index (χ3n) is 2.96. The van der Waals surface area contributed by atoms with Crippen molar-refractivity contribution < 1.29 is 13.2 Å². The maximum absolute atomic E-state index is 12.3. The summed E-state index contributed by atoms with van der Waals surface area (Å²) >= 11 is 0. The number of nitrogens with zero attached hydrogens (tertiary/aromatic N) is 1. The van der Waals surface area contributed by atoms with Gasteiger partial charge in [0.25, 0.3) is 0 Å². The minimum atomic E-state index is -3.24. The van der Waals surface area contributed by atoms with Crippen LogP contribution in [0, 0.1) is 0 Å². The zero-order valence-electron chi connectivity index (χ0n) is 12.2. The van der Waals surface area contributed by atoms with Gasteiger partial charge in [-0.15, -0.1) is 0 Å². The van der Waals surface area contributed by atoms with Crippen LogP contribution in [-0.2, 0) is 21.3 Å². The van der Waals surface area contributed by atoms with E-state index in [1.165, 1.54) is 4.31 Å². The number of sulfonamides is 1. The van der Waals surface area contributed by atoms with Crippen LogP contribution in [0.15, 0.2) is 24.3 Å². The molecule has 5 nitrogen and oxygen atoms in total. The molecule has 114 valence electrons. The van der Waals surface area contributed by atoms with E-state index in [0.29, 0.717) is 31.8 Å². The Hall–Kier alpha value is -1.11. The molecule has 1 aromatic rings. The van der Waals surface area contributed by atoms with Gasteiger partial charge in [0, 0.05) is 32.5 Å². The van der Waals surface area contributed by atoms with E-state index in [2.05, 4.69) is 0 Å². The van der Waals surface area contributed by atoms with Crippen LogP contribution in [0.5, 0.6) is 0 Å². The summed E-state index contributed by atoms with van der Waals surface area (Å²) in [7, 11) is -1.67. The Balaban J connectivity index is 2.74. The minimum absolute atomic E-state index is 0.121. The number of rotatable bonds is 9. The van der Waals surface area contributed by atoms with Crippen molar-refractivity contribution in [2.24, 2.45) is 0 Å². The quantitative estimate of drug-likeness (QED) is 0.558. The fourth-order valence-electron chi connectivity index (χ4n) is 1.91. The lowest BCUT2D eigenvalue weighted by Gasteiger charge is -2.21. The van der Waals surface area contributed by atoms with Crippen LogP contribution in [-0.4, -0.2) is 38.7 Å². The molecule has 6 heteroatoms. The summed E-state index contributed by atoms with van der Waals surface area (Å²) in [5, 5.41) is 0. The van der Waals surface area contributed by atoms with Crippen molar-refractivity contribution in [3.05, 3.63) is 29.8 Å². The topological polar surface area (TPSA) is 72.6 Å². The first-order chi connectivity index (χ1) is 9.49. The van der Waals surface area contributed by atoms with Gasteiger partial charge in [0.15, 0.2) is 0 Å². The number of nitrogens with two attached hydrogens (primary N) is 1. The summed E-state index contributed by atoms with van der Waals surface area (Å²) in [6.45, 7) is 3.35. The fraction of sp³-hybridized carbons (Fsp3) is 0.571. The highest BCUT2D eigenvalue weighted by atomic mass is 32.2. The lowest BCUT2D eigenvalue weighted by molar-refractivity contribution is 0.199. The maximum Gasteiger partial charge on any atom is 0.214 e. The molecule has 0 aliphatic rings. The number of methoxy groups -OCH3 is 1. The van der Waals surface area contributed by atoms with Crippen LogP contribution in [0.1, 0.15) is 25.3 Å². The molecule has 0 saturated carbocycles. The predicted molar refractivity (Wildman–Crippen MR) is 81.8 cm³/mol. The van der Waals surface area contributed by atoms with Crippen molar-refractivity contribution in [1.29, 1.82) is 0 Å². The van der Waals surface area contributed by atoms with Gasteiger partial charge in [0.05, 0.1) is 5.75 Å². The molecule has 0 spiro atoms. The summed E-state index contributed by atoms with van der Waals surface area (Å²) < 4.78 is 31.1. The van der Waals surface area contributed by atoms with Crippen LogP contribution in [0.4, 0.5) is 5.69 Å². The molecule has 1 rings (SSSR count). The highest BCUT2D eigenvalue weighted by Crippen LogP contribution is 2.13. The molecule has 0 atom stereocenters. The number of ether oxygens (including phenoxy) is 1. The Morgan fingerprint density at radius 2 is 1.90 bits per heavy atom. The van der Waals surface area contributed by atoms with Crippen molar-refractivity contribution in [1.82, 2.24) is 4.31 Å². The molecule has 0 aliphatic carbocycles. The minimum Gasteiger partial charge on any atom is -0.399 e. The first kappa shape index (κ1) is 16.9. The summed E-state index contributed by atoms with van der Waals surface area (Å²) in [4.78, 5) is 0. The van der Waals surface area contributed by atoms with Gasteiger partial charge in [-0.2, -0.15) is 4.31 Å². The fourth-order valence-corrected chi connectivity index (χ4v) is 3.45. The molecular formula is C14H24N2O3S. The molecule has 20 heavy (non-hydrogen) atoms. The number of nitrogen functional groups attached to an aromatic ring is 1. The average molecular weight is 300 g/mol. The van der Waals surface area contributed by atoms with E-state index in [0.717, 1.165) is 12.0 Å². The smallest absolute Gasteiger partial charge is 0.214 e. The van der Waals surface area contributed by atoms with E-state index in [-0.39, 0.29) is 5.75 Å². The second-order valence-electron chi connectivity index (χ2n) is 4.74. The average Bonchev–Trinajstić information content (AvgIpc) is 2.41. The summed E-state index contributed by atoms with van der Waals surface area (Å²) in [6, 6.07) is 7.30. The molecule has 1 aromatic carbocycles. The van der Waals surface area contributed by atoms with Gasteiger partial charge in [-0.05, 0) is 30.5 Å². The standard InChI is InChI=1S/C14H24N2O3S/c1-3-9-16(20(17,18)11-4-10-19-2)12-13-5-7-14(15)8-6-13/h5-8H,3-4,9-12,15H2,1-2H3. The van der Waals surface area contributed by atoms with Gasteiger partial charge in [-0.1, -0.05) is 19.1 Å². The molecule has 0 unspecified atom stereocenters. The lowest BCUT2D eigenvalue weighted by Crippen LogP contribution is -2.33. The zero-order chi connectivity index (χ0) is 15.0. The van der Waals surface area contributed by atoms with E-state index < -0.39 is 10.0 Å². The molecule has 0 fully saturated rings. The van der Waals surface area contributed by atoms with Crippen LogP contribution >= 0.6 is 0 Å². The number of benzene rings is 1. The molecule has 2 N–H and O–H groups in total. The number of hydrogen-bond donors (Lipinski definition) is 1. The van der Waals surface area contributed by atoms with Gasteiger partial charge in [0.2, 0.25) is 10.0 Å². The highest BCUT2D eigenvalue weighted by Gasteiger charge is 2.20. The predicted octanol–water partition coefficient (Wildman–Crippen LogP) is 1.85. The lowest BCUT2D eigenvalue weighted by atomic mass is 10.2. The molecule has 0 aromatic heterocycles. The summed E-state index contributed by atoms with van der Waals surface area (Å²) in [6.07, 6.45) is 1.30. The van der Waals surface area contributed by atoms with Gasteiger partial charge >= 0.3 is 0 Å². The van der Waals surface area contributed by atoms with Gasteiger partial charge < -0.3 is 10.5 Å². The van der Waals surface area contributed by atoms with Crippen molar-refractivity contribution in [3.63, 3.8) is 0 Å². The third kappa shape index (κ3) is 5.48. The Bertz CT molecular complexity index is 486. The maximum atomic E-state index is 12.3. The second-order valence-corrected chi connectivity index (χ2v) is 6.83. The Morgan fingerprint density at radius 1 is 1.25 bits per heavy atom. The van der Waals surface area contributed by atoms with Crippen LogP contribution in [0.2, 0.25) is 0 Å². The van der Waals surface area contributed by atoms with Gasteiger partial charge in [0.1, 0.15) is 0 Å². The van der Waals surface area contributed by atoms with Crippen molar-refractivity contribution >= 4 is 15.7 Å². The molecule has 0 amide bonds. The van der Waals surface area contributed by atoms with E-state index >= 15 is 0 Å². The molecule has 0 aliphatic heterocycles. The van der Waals surface area contributed by atoms with E-state index in [4.69, 9.17) is 10.5 Å². The Morgan fingerprint density at radius 3 is 2.45 bits per heavy atom. The van der Waals surface area contributed by atoms with Crippen molar-refractivity contribution in [2.75, 3.05) is 31.7 Å². The largest absolute Gasteiger partial charge is 0.399 e. The highest BCUT2D eigenvalue weighted by molar-refractivity contribution is 7.89. The third-order valence-corrected chi connectivity index (χ3v) is 4.86. The molecular weight excluding hydrogens is 276 g/mol. The monoisotopic (exact) mass is 300 g/mol. The van der Waals surface area contributed by atoms with Crippen LogP contribution < -0.4 is 5.73 Å². The normalized spacial score (nSPS) is 11.9. The first-order valence-electron chi connectivity index (χ1n) is 6.80. The molecule has 0 saturated heterocycles. The number of anilines is 1. The first-order valence-corrected chi connectivity index (χ1v) is 8.41. The van der Waals surface area contributed by atoms with Gasteiger partial charge in [-0.25, -0.2) is 8.42 Å².